The monoisotopic (exact) mass is 174 g/mol. The average Bonchev–Trinajstić information content (AvgIpc) is 2.60. The van der Waals surface area contributed by atoms with Crippen molar-refractivity contribution < 1.29 is 0 Å². The summed E-state index contributed by atoms with van der Waals surface area (Å²) in [6, 6.07) is 9.28. The second-order valence-corrected chi connectivity index (χ2v) is 4.12. The number of para-hydroxylation sites is 1. The summed E-state index contributed by atoms with van der Waals surface area (Å²) in [6.45, 7) is 2.25. The van der Waals surface area contributed by atoms with E-state index in [-0.39, 0.29) is 0 Å². The van der Waals surface area contributed by atoms with Crippen molar-refractivity contribution in [3.63, 3.8) is 0 Å². The van der Waals surface area contributed by atoms with Gasteiger partial charge in [0.25, 0.3) is 0 Å². The molecule has 2 nitrogen and oxygen atoms in total. The molecule has 2 heteroatoms. The van der Waals surface area contributed by atoms with Crippen LogP contribution in [0.2, 0.25) is 0 Å². The first-order chi connectivity index (χ1) is 6.34. The van der Waals surface area contributed by atoms with Crippen LogP contribution in [0.25, 0.3) is 0 Å². The highest BCUT2D eigenvalue weighted by Crippen LogP contribution is 2.40. The van der Waals surface area contributed by atoms with Gasteiger partial charge in [-0.25, -0.2) is 0 Å². The summed E-state index contributed by atoms with van der Waals surface area (Å²) in [5.74, 6) is 0.686. The highest BCUT2D eigenvalue weighted by molar-refractivity contribution is 5.59. The fourth-order valence-corrected chi connectivity index (χ4v) is 2.58. The van der Waals surface area contributed by atoms with Crippen molar-refractivity contribution >= 4 is 5.69 Å². The summed E-state index contributed by atoms with van der Waals surface area (Å²) in [7, 11) is 0. The molecule has 1 aromatic rings. The molecule has 0 aromatic heterocycles. The molecule has 0 aliphatic carbocycles. The Morgan fingerprint density at radius 2 is 2.15 bits per heavy atom. The number of benzene rings is 1. The van der Waals surface area contributed by atoms with E-state index in [0.717, 1.165) is 0 Å². The van der Waals surface area contributed by atoms with Gasteiger partial charge in [-0.05, 0) is 25.0 Å². The molecule has 0 spiro atoms. The molecular weight excluding hydrogens is 160 g/mol. The van der Waals surface area contributed by atoms with Crippen molar-refractivity contribution in [2.45, 2.75) is 31.5 Å². The number of nitrogens with one attached hydrogen (secondary N) is 2. The highest BCUT2D eigenvalue weighted by Gasteiger charge is 2.38. The maximum atomic E-state index is 3.55. The summed E-state index contributed by atoms with van der Waals surface area (Å²) in [4.78, 5) is 0. The third-order valence-electron chi connectivity index (χ3n) is 3.15. The summed E-state index contributed by atoms with van der Waals surface area (Å²) in [6.07, 6.45) is 1.74. The van der Waals surface area contributed by atoms with Gasteiger partial charge in [-0.2, -0.15) is 0 Å². The molecule has 0 bridgehead atoms. The van der Waals surface area contributed by atoms with E-state index in [4.69, 9.17) is 0 Å². The molecule has 0 radical (unpaired) electrons. The van der Waals surface area contributed by atoms with E-state index in [9.17, 15) is 0 Å². The van der Waals surface area contributed by atoms with Gasteiger partial charge in [0.15, 0.2) is 0 Å². The van der Waals surface area contributed by atoms with Crippen LogP contribution in [0.5, 0.6) is 0 Å². The minimum absolute atomic E-state index is 0.479. The maximum Gasteiger partial charge on any atom is 0.0841 e. The highest BCUT2D eigenvalue weighted by atomic mass is 15.2. The van der Waals surface area contributed by atoms with E-state index < -0.39 is 0 Å². The van der Waals surface area contributed by atoms with Gasteiger partial charge in [0.05, 0.1) is 6.17 Å². The lowest BCUT2D eigenvalue weighted by atomic mass is 9.97. The third-order valence-corrected chi connectivity index (χ3v) is 3.15. The number of hydrogen-bond donors (Lipinski definition) is 2. The smallest absolute Gasteiger partial charge is 0.0841 e. The summed E-state index contributed by atoms with van der Waals surface area (Å²) in [5, 5.41) is 7.07. The van der Waals surface area contributed by atoms with Crippen molar-refractivity contribution in [3.05, 3.63) is 29.8 Å². The van der Waals surface area contributed by atoms with Crippen LogP contribution >= 0.6 is 0 Å². The fraction of sp³-hybridized carbons (Fsp3) is 0.455. The standard InChI is InChI=1S/C11H14N2/c1-7-6-9-8-4-2-3-5-10(8)13-11(9)12-7/h2-5,7,9,11-13H,6H2,1H3. The number of hydrogen-bond acceptors (Lipinski definition) is 2. The van der Waals surface area contributed by atoms with Gasteiger partial charge in [0.2, 0.25) is 0 Å². The molecule has 2 N–H and O–H groups in total. The molecule has 2 aliphatic rings. The van der Waals surface area contributed by atoms with Crippen LogP contribution in [-0.4, -0.2) is 12.2 Å². The first kappa shape index (κ1) is 7.39. The quantitative estimate of drug-likeness (QED) is 0.627. The predicted molar refractivity (Wildman–Crippen MR) is 53.8 cm³/mol. The molecular formula is C11H14N2. The van der Waals surface area contributed by atoms with Crippen molar-refractivity contribution in [2.24, 2.45) is 0 Å². The van der Waals surface area contributed by atoms with Crippen molar-refractivity contribution in [2.75, 3.05) is 5.32 Å². The lowest BCUT2D eigenvalue weighted by Gasteiger charge is -2.10. The molecule has 1 aromatic carbocycles. The Morgan fingerprint density at radius 1 is 1.31 bits per heavy atom. The van der Waals surface area contributed by atoms with Crippen LogP contribution in [0, 0.1) is 0 Å². The van der Waals surface area contributed by atoms with Gasteiger partial charge in [-0.15, -0.1) is 0 Å². The predicted octanol–water partition coefficient (Wildman–Crippen LogP) is 1.90. The Labute approximate surface area is 78.3 Å². The van der Waals surface area contributed by atoms with Gasteiger partial charge in [0, 0.05) is 17.6 Å². The Hall–Kier alpha value is -1.02. The second kappa shape index (κ2) is 2.48. The van der Waals surface area contributed by atoms with E-state index in [1.165, 1.54) is 17.7 Å². The molecule has 1 saturated heterocycles. The third kappa shape index (κ3) is 0.985. The van der Waals surface area contributed by atoms with Crippen LogP contribution in [0.1, 0.15) is 24.8 Å². The Kier molecular flexibility index (Phi) is 1.41. The van der Waals surface area contributed by atoms with Gasteiger partial charge in [-0.1, -0.05) is 18.2 Å². The SMILES string of the molecule is CC1CC2c3ccccc3NC2N1. The molecule has 2 aliphatic heterocycles. The Morgan fingerprint density at radius 3 is 3.08 bits per heavy atom. The van der Waals surface area contributed by atoms with Crippen molar-refractivity contribution in [1.29, 1.82) is 0 Å². The lowest BCUT2D eigenvalue weighted by molar-refractivity contribution is 0.603. The molecule has 0 saturated carbocycles. The number of anilines is 1. The van der Waals surface area contributed by atoms with Crippen molar-refractivity contribution in [3.8, 4) is 0 Å². The largest absolute Gasteiger partial charge is 0.369 e. The molecule has 13 heavy (non-hydrogen) atoms. The van der Waals surface area contributed by atoms with E-state index in [1.54, 1.807) is 0 Å². The minimum atomic E-state index is 0.479. The number of fused-ring (bicyclic) bond motifs is 3. The van der Waals surface area contributed by atoms with Crippen LogP contribution in [-0.2, 0) is 0 Å². The van der Waals surface area contributed by atoms with Gasteiger partial charge in [-0.3, -0.25) is 5.32 Å². The van der Waals surface area contributed by atoms with Crippen LogP contribution in [0.4, 0.5) is 5.69 Å². The van der Waals surface area contributed by atoms with E-state index >= 15 is 0 Å². The molecule has 0 amide bonds. The second-order valence-electron chi connectivity index (χ2n) is 4.12. The van der Waals surface area contributed by atoms with Crippen LogP contribution < -0.4 is 10.6 Å². The fourth-order valence-electron chi connectivity index (χ4n) is 2.58. The van der Waals surface area contributed by atoms with E-state index in [0.29, 0.717) is 18.1 Å². The first-order valence-electron chi connectivity index (χ1n) is 4.96. The summed E-state index contributed by atoms with van der Waals surface area (Å²) >= 11 is 0. The zero-order chi connectivity index (χ0) is 8.84. The molecule has 3 rings (SSSR count). The summed E-state index contributed by atoms with van der Waals surface area (Å²) in [5.41, 5.74) is 2.81. The topological polar surface area (TPSA) is 24.1 Å². The Bertz CT molecular complexity index is 335. The normalized spacial score (nSPS) is 35.3. The van der Waals surface area contributed by atoms with E-state index in [2.05, 4.69) is 41.8 Å². The maximum absolute atomic E-state index is 3.55. The zero-order valence-corrected chi connectivity index (χ0v) is 7.75. The van der Waals surface area contributed by atoms with Gasteiger partial charge >= 0.3 is 0 Å². The average molecular weight is 174 g/mol. The molecule has 3 atom stereocenters. The Balaban J connectivity index is 2.02. The summed E-state index contributed by atoms with van der Waals surface area (Å²) < 4.78 is 0. The van der Waals surface area contributed by atoms with Crippen LogP contribution in [0.3, 0.4) is 0 Å². The molecule has 3 unspecified atom stereocenters. The van der Waals surface area contributed by atoms with Crippen LogP contribution in [0.15, 0.2) is 24.3 Å². The van der Waals surface area contributed by atoms with Gasteiger partial charge in [0.1, 0.15) is 0 Å². The molecule has 68 valence electrons. The van der Waals surface area contributed by atoms with Crippen molar-refractivity contribution in [1.82, 2.24) is 5.32 Å². The lowest BCUT2D eigenvalue weighted by Crippen LogP contribution is -2.32. The zero-order valence-electron chi connectivity index (χ0n) is 7.75. The number of rotatable bonds is 0. The molecule has 2 heterocycles. The molecule has 1 fully saturated rings. The minimum Gasteiger partial charge on any atom is -0.369 e. The van der Waals surface area contributed by atoms with Gasteiger partial charge < -0.3 is 5.32 Å². The van der Waals surface area contributed by atoms with E-state index in [1.807, 2.05) is 0 Å². The first-order valence-corrected chi connectivity index (χ1v) is 4.96.